The number of nitrogens with one attached hydrogen (secondary N) is 1. The molecular formula is C12H15N5. The number of imidazole rings is 1. The third kappa shape index (κ3) is 1.99. The molecule has 5 heteroatoms. The lowest BCUT2D eigenvalue weighted by Gasteiger charge is -2.21. The van der Waals surface area contributed by atoms with Gasteiger partial charge in [-0.05, 0) is 12.1 Å². The topological polar surface area (TPSA) is 70.9 Å². The van der Waals surface area contributed by atoms with Crippen LogP contribution in [0.1, 0.15) is 5.56 Å². The summed E-state index contributed by atoms with van der Waals surface area (Å²) in [5.74, 6) is 0.861. The van der Waals surface area contributed by atoms with E-state index < -0.39 is 0 Å². The maximum atomic E-state index is 7.57. The van der Waals surface area contributed by atoms with Gasteiger partial charge in [-0.25, -0.2) is 4.98 Å². The van der Waals surface area contributed by atoms with Gasteiger partial charge in [0, 0.05) is 32.1 Å². The van der Waals surface area contributed by atoms with E-state index in [1.165, 1.54) is 0 Å². The van der Waals surface area contributed by atoms with Crippen molar-refractivity contribution in [2.45, 2.75) is 0 Å². The van der Waals surface area contributed by atoms with Crippen molar-refractivity contribution in [2.24, 2.45) is 12.8 Å². The molecule has 3 N–H and O–H groups in total. The van der Waals surface area contributed by atoms with Gasteiger partial charge >= 0.3 is 0 Å². The summed E-state index contributed by atoms with van der Waals surface area (Å²) >= 11 is 0. The summed E-state index contributed by atoms with van der Waals surface area (Å²) in [5.41, 5.74) is 7.15. The second kappa shape index (κ2) is 4.29. The lowest BCUT2D eigenvalue weighted by Crippen LogP contribution is -2.20. The second-order valence-electron chi connectivity index (χ2n) is 3.83. The van der Waals surface area contributed by atoms with Gasteiger partial charge in [-0.1, -0.05) is 12.1 Å². The third-order valence-corrected chi connectivity index (χ3v) is 2.65. The SMILES string of the molecule is CN(c1ccccc1C(=N)N)c1nccn1C. The van der Waals surface area contributed by atoms with E-state index in [-0.39, 0.29) is 5.84 Å². The summed E-state index contributed by atoms with van der Waals surface area (Å²) < 4.78 is 1.91. The predicted octanol–water partition coefficient (Wildman–Crippen LogP) is 1.47. The molecule has 1 aromatic heterocycles. The largest absolute Gasteiger partial charge is 0.384 e. The molecule has 0 aliphatic heterocycles. The number of nitrogen functional groups attached to an aromatic ring is 1. The number of hydrogen-bond donors (Lipinski definition) is 2. The molecule has 0 fully saturated rings. The van der Waals surface area contributed by atoms with Gasteiger partial charge in [0.15, 0.2) is 0 Å². The zero-order valence-corrected chi connectivity index (χ0v) is 9.88. The van der Waals surface area contributed by atoms with Crippen molar-refractivity contribution in [3.05, 3.63) is 42.2 Å². The summed E-state index contributed by atoms with van der Waals surface area (Å²) in [7, 11) is 3.83. The lowest BCUT2D eigenvalue weighted by molar-refractivity contribution is 0.883. The number of benzene rings is 1. The first-order valence-electron chi connectivity index (χ1n) is 5.25. The van der Waals surface area contributed by atoms with Crippen LogP contribution in [0.15, 0.2) is 36.7 Å². The molecular weight excluding hydrogens is 214 g/mol. The van der Waals surface area contributed by atoms with Crippen molar-refractivity contribution < 1.29 is 0 Å². The number of para-hydroxylation sites is 1. The van der Waals surface area contributed by atoms with Crippen LogP contribution in [-0.4, -0.2) is 22.4 Å². The van der Waals surface area contributed by atoms with Crippen LogP contribution in [-0.2, 0) is 7.05 Å². The van der Waals surface area contributed by atoms with Gasteiger partial charge < -0.3 is 15.2 Å². The van der Waals surface area contributed by atoms with E-state index in [0.717, 1.165) is 11.6 Å². The van der Waals surface area contributed by atoms with Gasteiger partial charge in [0.25, 0.3) is 0 Å². The Morgan fingerprint density at radius 2 is 2.12 bits per heavy atom. The molecule has 5 nitrogen and oxygen atoms in total. The average Bonchev–Trinajstić information content (AvgIpc) is 2.74. The fraction of sp³-hybridized carbons (Fsp3) is 0.167. The fourth-order valence-electron chi connectivity index (χ4n) is 1.78. The number of amidine groups is 1. The number of aryl methyl sites for hydroxylation is 1. The van der Waals surface area contributed by atoms with Crippen LogP contribution in [0.3, 0.4) is 0 Å². The van der Waals surface area contributed by atoms with Crippen molar-refractivity contribution in [1.29, 1.82) is 5.41 Å². The third-order valence-electron chi connectivity index (χ3n) is 2.65. The summed E-state index contributed by atoms with van der Waals surface area (Å²) in [6.07, 6.45) is 3.62. The van der Waals surface area contributed by atoms with Gasteiger partial charge in [-0.2, -0.15) is 0 Å². The number of anilines is 2. The van der Waals surface area contributed by atoms with Gasteiger partial charge in [0.05, 0.1) is 5.69 Å². The molecule has 0 spiro atoms. The highest BCUT2D eigenvalue weighted by Gasteiger charge is 2.13. The summed E-state index contributed by atoms with van der Waals surface area (Å²) in [4.78, 5) is 6.18. The Morgan fingerprint density at radius 1 is 1.41 bits per heavy atom. The minimum atomic E-state index is 0.0571. The summed E-state index contributed by atoms with van der Waals surface area (Å²) in [5, 5.41) is 7.57. The molecule has 0 saturated heterocycles. The maximum Gasteiger partial charge on any atom is 0.209 e. The van der Waals surface area contributed by atoms with Crippen LogP contribution in [0.2, 0.25) is 0 Å². The van der Waals surface area contributed by atoms with E-state index in [9.17, 15) is 0 Å². The number of nitrogens with zero attached hydrogens (tertiary/aromatic N) is 3. The van der Waals surface area contributed by atoms with Gasteiger partial charge in [-0.3, -0.25) is 5.41 Å². The first kappa shape index (κ1) is 11.2. The van der Waals surface area contributed by atoms with Crippen molar-refractivity contribution in [1.82, 2.24) is 9.55 Å². The molecule has 88 valence electrons. The van der Waals surface area contributed by atoms with E-state index in [2.05, 4.69) is 4.98 Å². The van der Waals surface area contributed by atoms with E-state index in [1.807, 2.05) is 54.0 Å². The standard InChI is InChI=1S/C12H15N5/c1-16-8-7-15-12(16)17(2)10-6-4-3-5-9(10)11(13)14/h3-8H,1-2H3,(H3,13,14). The van der Waals surface area contributed by atoms with Crippen molar-refractivity contribution in [2.75, 3.05) is 11.9 Å². The van der Waals surface area contributed by atoms with Crippen molar-refractivity contribution >= 4 is 17.5 Å². The van der Waals surface area contributed by atoms with Crippen LogP contribution in [0.5, 0.6) is 0 Å². The molecule has 0 amide bonds. The van der Waals surface area contributed by atoms with Gasteiger partial charge in [0.1, 0.15) is 5.84 Å². The Labute approximate surface area is 100 Å². The molecule has 0 radical (unpaired) electrons. The van der Waals surface area contributed by atoms with Gasteiger partial charge in [-0.15, -0.1) is 0 Å². The van der Waals surface area contributed by atoms with Crippen LogP contribution in [0.4, 0.5) is 11.6 Å². The molecule has 0 atom stereocenters. The number of hydrogen-bond acceptors (Lipinski definition) is 3. The predicted molar refractivity (Wildman–Crippen MR) is 68.7 cm³/mol. The Hall–Kier alpha value is -2.30. The summed E-state index contributed by atoms with van der Waals surface area (Å²) in [6, 6.07) is 7.54. The van der Waals surface area contributed by atoms with Crippen LogP contribution in [0.25, 0.3) is 0 Å². The normalized spacial score (nSPS) is 10.2. The molecule has 2 rings (SSSR count). The second-order valence-corrected chi connectivity index (χ2v) is 3.83. The quantitative estimate of drug-likeness (QED) is 0.618. The lowest BCUT2D eigenvalue weighted by atomic mass is 10.1. The van der Waals surface area contributed by atoms with Crippen LogP contribution in [0, 0.1) is 5.41 Å². The highest BCUT2D eigenvalue weighted by Crippen LogP contribution is 2.24. The molecule has 0 bridgehead atoms. The zero-order valence-electron chi connectivity index (χ0n) is 9.88. The smallest absolute Gasteiger partial charge is 0.209 e. The first-order valence-corrected chi connectivity index (χ1v) is 5.25. The Morgan fingerprint density at radius 3 is 2.71 bits per heavy atom. The van der Waals surface area contributed by atoms with E-state index >= 15 is 0 Å². The fourth-order valence-corrected chi connectivity index (χ4v) is 1.78. The van der Waals surface area contributed by atoms with Crippen molar-refractivity contribution in [3.8, 4) is 0 Å². The first-order chi connectivity index (χ1) is 8.11. The molecule has 0 aliphatic carbocycles. The highest BCUT2D eigenvalue weighted by molar-refractivity contribution is 6.00. The Bertz CT molecular complexity index is 543. The van der Waals surface area contributed by atoms with E-state index in [4.69, 9.17) is 11.1 Å². The zero-order chi connectivity index (χ0) is 12.4. The molecule has 0 aliphatic rings. The average molecular weight is 229 g/mol. The molecule has 1 aromatic carbocycles. The Kier molecular flexibility index (Phi) is 2.82. The molecule has 1 heterocycles. The van der Waals surface area contributed by atoms with Crippen LogP contribution < -0.4 is 10.6 Å². The highest BCUT2D eigenvalue weighted by atomic mass is 15.3. The maximum absolute atomic E-state index is 7.57. The summed E-state index contributed by atoms with van der Waals surface area (Å²) in [6.45, 7) is 0. The molecule has 17 heavy (non-hydrogen) atoms. The monoisotopic (exact) mass is 229 g/mol. The van der Waals surface area contributed by atoms with Crippen molar-refractivity contribution in [3.63, 3.8) is 0 Å². The molecule has 0 unspecified atom stereocenters. The Balaban J connectivity index is 2.48. The minimum Gasteiger partial charge on any atom is -0.384 e. The molecule has 0 saturated carbocycles. The molecule has 2 aromatic rings. The van der Waals surface area contributed by atoms with E-state index in [1.54, 1.807) is 6.20 Å². The van der Waals surface area contributed by atoms with E-state index in [0.29, 0.717) is 5.56 Å². The number of rotatable bonds is 3. The van der Waals surface area contributed by atoms with Crippen LogP contribution >= 0.6 is 0 Å². The van der Waals surface area contributed by atoms with Gasteiger partial charge in [0.2, 0.25) is 5.95 Å². The minimum absolute atomic E-state index is 0.0571. The number of aromatic nitrogens is 2. The number of nitrogens with two attached hydrogens (primary N) is 1.